The highest BCUT2D eigenvalue weighted by Crippen LogP contribution is 2.35. The van der Waals surface area contributed by atoms with Gasteiger partial charge in [-0.1, -0.05) is 18.2 Å². The molecule has 1 amide bonds. The summed E-state index contributed by atoms with van der Waals surface area (Å²) >= 11 is 0. The maximum Gasteiger partial charge on any atom is 0.408 e. The molecule has 1 aliphatic carbocycles. The molecular formula is C23H26F3N5O. The SMILES string of the molecule is CCN(C(=O)c1cc2ccccc2[nH]1)[C@H]1CCC[C@@H](N[C@@H](c2cncnc2)C(F)(F)F)C1. The summed E-state index contributed by atoms with van der Waals surface area (Å²) in [5.74, 6) is -0.127. The summed E-state index contributed by atoms with van der Waals surface area (Å²) in [7, 11) is 0. The quantitative estimate of drug-likeness (QED) is 0.581. The average molecular weight is 445 g/mol. The van der Waals surface area contributed by atoms with Gasteiger partial charge in [0.15, 0.2) is 0 Å². The van der Waals surface area contributed by atoms with Crippen LogP contribution in [0.15, 0.2) is 49.1 Å². The molecule has 2 heterocycles. The third-order valence-electron chi connectivity index (χ3n) is 6.09. The first-order valence-corrected chi connectivity index (χ1v) is 10.8. The molecule has 0 radical (unpaired) electrons. The van der Waals surface area contributed by atoms with Gasteiger partial charge in [-0.25, -0.2) is 9.97 Å². The second kappa shape index (κ2) is 9.28. The lowest BCUT2D eigenvalue weighted by Gasteiger charge is -2.38. The van der Waals surface area contributed by atoms with Crippen molar-refractivity contribution in [3.8, 4) is 0 Å². The van der Waals surface area contributed by atoms with Crippen LogP contribution < -0.4 is 5.32 Å². The van der Waals surface area contributed by atoms with Crippen molar-refractivity contribution in [1.82, 2.24) is 25.2 Å². The number of carbonyl (C=O) groups excluding carboxylic acids is 1. The first-order chi connectivity index (χ1) is 15.4. The fourth-order valence-electron chi connectivity index (χ4n) is 4.58. The number of fused-ring (bicyclic) bond motifs is 1. The lowest BCUT2D eigenvalue weighted by Crippen LogP contribution is -2.49. The predicted octanol–water partition coefficient (Wildman–Crippen LogP) is 4.62. The van der Waals surface area contributed by atoms with E-state index in [1.54, 1.807) is 4.90 Å². The normalized spacial score (nSPS) is 20.2. The Balaban J connectivity index is 1.49. The number of alkyl halides is 3. The summed E-state index contributed by atoms with van der Waals surface area (Å²) in [6.07, 6.45) is 1.71. The third kappa shape index (κ3) is 4.77. The van der Waals surface area contributed by atoms with E-state index in [1.807, 2.05) is 37.3 Å². The van der Waals surface area contributed by atoms with Crippen molar-refractivity contribution in [1.29, 1.82) is 0 Å². The van der Waals surface area contributed by atoms with E-state index in [9.17, 15) is 18.0 Å². The highest BCUT2D eigenvalue weighted by molar-refractivity contribution is 5.98. The maximum absolute atomic E-state index is 13.7. The number of aromatic nitrogens is 3. The van der Waals surface area contributed by atoms with Gasteiger partial charge in [0.25, 0.3) is 5.91 Å². The number of hydrogen-bond acceptors (Lipinski definition) is 4. The Morgan fingerprint density at radius 2 is 2.00 bits per heavy atom. The lowest BCUT2D eigenvalue weighted by molar-refractivity contribution is -0.160. The van der Waals surface area contributed by atoms with Crippen LogP contribution in [0.2, 0.25) is 0 Å². The number of rotatable bonds is 6. The molecular weight excluding hydrogens is 419 g/mol. The number of nitrogens with one attached hydrogen (secondary N) is 2. The number of para-hydroxylation sites is 1. The van der Waals surface area contributed by atoms with Gasteiger partial charge in [0.2, 0.25) is 0 Å². The predicted molar refractivity (Wildman–Crippen MR) is 115 cm³/mol. The fourth-order valence-corrected chi connectivity index (χ4v) is 4.58. The number of benzene rings is 1. The number of nitrogens with zero attached hydrogens (tertiary/aromatic N) is 3. The van der Waals surface area contributed by atoms with E-state index in [1.165, 1.54) is 18.7 Å². The van der Waals surface area contributed by atoms with Crippen LogP contribution in [0.5, 0.6) is 0 Å². The second-order valence-corrected chi connectivity index (χ2v) is 8.19. The van der Waals surface area contributed by atoms with Crippen LogP contribution in [0.3, 0.4) is 0 Å². The number of amides is 1. The Hall–Kier alpha value is -2.94. The topological polar surface area (TPSA) is 73.9 Å². The summed E-state index contributed by atoms with van der Waals surface area (Å²) in [4.78, 5) is 25.6. The molecule has 1 aliphatic rings. The van der Waals surface area contributed by atoms with E-state index in [0.29, 0.717) is 25.1 Å². The maximum atomic E-state index is 13.7. The monoisotopic (exact) mass is 445 g/mol. The van der Waals surface area contributed by atoms with Gasteiger partial charge in [0.05, 0.1) is 0 Å². The zero-order chi connectivity index (χ0) is 22.7. The Labute approximate surface area is 184 Å². The molecule has 32 heavy (non-hydrogen) atoms. The van der Waals surface area contributed by atoms with Crippen LogP contribution in [-0.4, -0.2) is 50.6 Å². The number of hydrogen-bond donors (Lipinski definition) is 2. The minimum absolute atomic E-state index is 0.0105. The van der Waals surface area contributed by atoms with Crippen molar-refractivity contribution >= 4 is 16.8 Å². The van der Waals surface area contributed by atoms with Gasteiger partial charge < -0.3 is 9.88 Å². The molecule has 0 spiro atoms. The molecule has 6 nitrogen and oxygen atoms in total. The van der Waals surface area contributed by atoms with Crippen molar-refractivity contribution in [2.45, 2.75) is 56.9 Å². The number of carbonyl (C=O) groups is 1. The van der Waals surface area contributed by atoms with Crippen LogP contribution in [0.4, 0.5) is 13.2 Å². The van der Waals surface area contributed by atoms with E-state index in [4.69, 9.17) is 0 Å². The zero-order valence-corrected chi connectivity index (χ0v) is 17.8. The van der Waals surface area contributed by atoms with E-state index in [2.05, 4.69) is 20.3 Å². The van der Waals surface area contributed by atoms with Crippen molar-refractivity contribution in [2.24, 2.45) is 0 Å². The van der Waals surface area contributed by atoms with E-state index < -0.39 is 12.2 Å². The van der Waals surface area contributed by atoms with Crippen LogP contribution >= 0.6 is 0 Å². The molecule has 1 aromatic carbocycles. The number of halogens is 3. The van der Waals surface area contributed by atoms with Crippen molar-refractivity contribution in [3.63, 3.8) is 0 Å². The second-order valence-electron chi connectivity index (χ2n) is 8.19. The zero-order valence-electron chi connectivity index (χ0n) is 17.8. The summed E-state index contributed by atoms with van der Waals surface area (Å²) in [5.41, 5.74) is 1.37. The Bertz CT molecular complexity index is 1020. The van der Waals surface area contributed by atoms with Gasteiger partial charge in [-0.3, -0.25) is 10.1 Å². The summed E-state index contributed by atoms with van der Waals surface area (Å²) in [5, 5.41) is 3.72. The highest BCUT2D eigenvalue weighted by Gasteiger charge is 2.43. The van der Waals surface area contributed by atoms with E-state index >= 15 is 0 Å². The molecule has 0 bridgehead atoms. The first-order valence-electron chi connectivity index (χ1n) is 10.8. The Morgan fingerprint density at radius 1 is 1.25 bits per heavy atom. The van der Waals surface area contributed by atoms with Gasteiger partial charge in [-0.15, -0.1) is 0 Å². The van der Waals surface area contributed by atoms with Crippen molar-refractivity contribution in [3.05, 3.63) is 60.3 Å². The largest absolute Gasteiger partial charge is 0.408 e. The standard InChI is InChI=1S/C23H26F3N5O/c1-2-31(22(32)20-10-15-6-3-4-9-19(15)30-20)18-8-5-7-17(11-18)29-21(23(24,25)26)16-12-27-14-28-13-16/h3-4,6,9-10,12-14,17-18,21,29-30H,2,5,7-8,11H2,1H3/t17-,18+,21+/m1/s1. The molecule has 3 aromatic rings. The molecule has 9 heteroatoms. The Kier molecular flexibility index (Phi) is 6.45. The Morgan fingerprint density at radius 3 is 2.69 bits per heavy atom. The number of H-pyrrole nitrogens is 1. The van der Waals surface area contributed by atoms with E-state index in [-0.39, 0.29) is 23.6 Å². The van der Waals surface area contributed by atoms with Gasteiger partial charge in [0.1, 0.15) is 18.1 Å². The molecule has 0 saturated heterocycles. The summed E-state index contributed by atoms with van der Waals surface area (Å²) < 4.78 is 41.2. The minimum atomic E-state index is -4.47. The molecule has 4 rings (SSSR count). The van der Waals surface area contributed by atoms with Gasteiger partial charge in [-0.05, 0) is 44.7 Å². The van der Waals surface area contributed by atoms with E-state index in [0.717, 1.165) is 23.7 Å². The van der Waals surface area contributed by atoms with Crippen LogP contribution in [0.25, 0.3) is 10.9 Å². The molecule has 170 valence electrons. The molecule has 0 aliphatic heterocycles. The van der Waals surface area contributed by atoms with Crippen molar-refractivity contribution < 1.29 is 18.0 Å². The summed E-state index contributed by atoms with van der Waals surface area (Å²) in [6, 6.07) is 7.14. The van der Waals surface area contributed by atoms with Gasteiger partial charge in [-0.2, -0.15) is 13.2 Å². The van der Waals surface area contributed by atoms with Gasteiger partial charge in [0, 0.05) is 47.5 Å². The highest BCUT2D eigenvalue weighted by atomic mass is 19.4. The first kappa shape index (κ1) is 22.3. The third-order valence-corrected chi connectivity index (χ3v) is 6.09. The molecule has 3 atom stereocenters. The van der Waals surface area contributed by atoms with Gasteiger partial charge >= 0.3 is 6.18 Å². The molecule has 2 aromatic heterocycles. The molecule has 0 unspecified atom stereocenters. The molecule has 1 fully saturated rings. The number of aromatic amines is 1. The lowest BCUT2D eigenvalue weighted by atomic mass is 9.88. The smallest absolute Gasteiger partial charge is 0.351 e. The van der Waals surface area contributed by atoms with Crippen LogP contribution in [-0.2, 0) is 0 Å². The average Bonchev–Trinajstić information content (AvgIpc) is 3.22. The van der Waals surface area contributed by atoms with Crippen LogP contribution in [0.1, 0.15) is 54.7 Å². The summed E-state index contributed by atoms with van der Waals surface area (Å²) in [6.45, 7) is 2.39. The van der Waals surface area contributed by atoms with Crippen LogP contribution in [0, 0.1) is 0 Å². The molecule has 1 saturated carbocycles. The fraction of sp³-hybridized carbons (Fsp3) is 0.435. The minimum Gasteiger partial charge on any atom is -0.351 e. The van der Waals surface area contributed by atoms with Crippen molar-refractivity contribution in [2.75, 3.05) is 6.54 Å². The molecule has 2 N–H and O–H groups in total.